The average molecular weight is 471 g/mol. The van der Waals surface area contributed by atoms with E-state index in [1.54, 1.807) is 41.9 Å². The molecule has 0 atom stereocenters. The molecule has 1 aliphatic carbocycles. The lowest BCUT2D eigenvalue weighted by atomic mass is 9.89. The molecule has 2 aliphatic rings. The van der Waals surface area contributed by atoms with Crippen LogP contribution in [0.15, 0.2) is 40.1 Å². The third-order valence-corrected chi connectivity index (χ3v) is 6.46. The molecule has 0 amide bonds. The van der Waals surface area contributed by atoms with Gasteiger partial charge in [-0.2, -0.15) is 9.78 Å². The molecule has 33 heavy (non-hydrogen) atoms. The molecule has 0 unspecified atom stereocenters. The number of esters is 1. The smallest absolute Gasteiger partial charge is 0.341 e. The molecule has 0 saturated heterocycles. The summed E-state index contributed by atoms with van der Waals surface area (Å²) in [5.74, 6) is 0.613. The molecule has 174 valence electrons. The summed E-state index contributed by atoms with van der Waals surface area (Å²) in [5, 5.41) is 23.0. The zero-order valence-corrected chi connectivity index (χ0v) is 19.2. The molecule has 9 nitrogen and oxygen atoms in total. The van der Waals surface area contributed by atoms with E-state index in [0.717, 1.165) is 29.4 Å². The number of hydrogen-bond acceptors (Lipinski definition) is 8. The van der Waals surface area contributed by atoms with E-state index in [1.165, 1.54) is 31.0 Å². The number of fused-ring (bicyclic) bond motifs is 1. The first-order chi connectivity index (χ1) is 16.0. The molecule has 1 aromatic carbocycles. The van der Waals surface area contributed by atoms with Crippen LogP contribution in [0.5, 0.6) is 5.75 Å². The molecule has 2 heterocycles. The first kappa shape index (κ1) is 23.0. The van der Waals surface area contributed by atoms with Crippen LogP contribution >= 0.6 is 11.8 Å². The zero-order valence-electron chi connectivity index (χ0n) is 18.4. The topological polar surface area (TPSA) is 116 Å². The summed E-state index contributed by atoms with van der Waals surface area (Å²) in [6.45, 7) is 1.60. The van der Waals surface area contributed by atoms with E-state index in [-0.39, 0.29) is 6.61 Å². The van der Waals surface area contributed by atoms with E-state index in [1.807, 2.05) is 0 Å². The van der Waals surface area contributed by atoms with Crippen molar-refractivity contribution in [1.29, 1.82) is 0 Å². The molecule has 1 aromatic heterocycles. The maximum atomic E-state index is 12.8. The van der Waals surface area contributed by atoms with E-state index < -0.39 is 18.5 Å². The molecule has 0 radical (unpaired) electrons. The minimum absolute atomic E-state index is 0.254. The molecule has 1 N–H and O–H groups in total. The van der Waals surface area contributed by atoms with E-state index in [2.05, 4.69) is 10.2 Å². The summed E-state index contributed by atoms with van der Waals surface area (Å²) < 4.78 is 12.3. The molecule has 1 aliphatic heterocycles. The Bertz CT molecular complexity index is 1070. The number of rotatable bonds is 8. The Morgan fingerprint density at radius 2 is 1.94 bits per heavy atom. The van der Waals surface area contributed by atoms with Crippen LogP contribution in [-0.4, -0.2) is 56.6 Å². The van der Waals surface area contributed by atoms with Gasteiger partial charge in [0.15, 0.2) is 12.4 Å². The molecular weight excluding hydrogens is 444 g/mol. The van der Waals surface area contributed by atoms with Crippen LogP contribution in [0.2, 0.25) is 0 Å². The van der Waals surface area contributed by atoms with Crippen molar-refractivity contribution >= 4 is 35.5 Å². The van der Waals surface area contributed by atoms with Crippen molar-refractivity contribution in [2.24, 2.45) is 5.10 Å². The first-order valence-electron chi connectivity index (χ1n) is 11.0. The Labute approximate surface area is 195 Å². The summed E-state index contributed by atoms with van der Waals surface area (Å²) in [7, 11) is 0. The van der Waals surface area contributed by atoms with Crippen molar-refractivity contribution in [2.45, 2.75) is 50.1 Å². The van der Waals surface area contributed by atoms with Crippen LogP contribution in [0.1, 0.15) is 56.3 Å². The lowest BCUT2D eigenvalue weighted by molar-refractivity contribution is -0.139. The predicted molar refractivity (Wildman–Crippen MR) is 124 cm³/mol. The summed E-state index contributed by atoms with van der Waals surface area (Å²) in [5.41, 5.74) is 1.72. The van der Waals surface area contributed by atoms with Gasteiger partial charge in [-0.25, -0.2) is 9.59 Å². The summed E-state index contributed by atoms with van der Waals surface area (Å²) >= 11 is 1.50. The molecule has 0 bridgehead atoms. The van der Waals surface area contributed by atoms with Crippen molar-refractivity contribution in [3.63, 3.8) is 0 Å². The van der Waals surface area contributed by atoms with Crippen molar-refractivity contribution in [3.8, 4) is 5.75 Å². The Balaban J connectivity index is 1.63. The molecule has 0 spiro atoms. The van der Waals surface area contributed by atoms with Crippen LogP contribution in [0.3, 0.4) is 0 Å². The van der Waals surface area contributed by atoms with Gasteiger partial charge in [-0.15, -0.1) is 10.2 Å². The van der Waals surface area contributed by atoms with Gasteiger partial charge in [-0.3, -0.25) is 0 Å². The summed E-state index contributed by atoms with van der Waals surface area (Å²) in [6.07, 6.45) is 7.48. The number of carbonyl (C=O) groups is 2. The molecule has 10 heteroatoms. The molecule has 2 aromatic rings. The quantitative estimate of drug-likeness (QED) is 0.458. The maximum Gasteiger partial charge on any atom is 0.341 e. The van der Waals surface area contributed by atoms with Gasteiger partial charge in [-0.05, 0) is 43.5 Å². The van der Waals surface area contributed by atoms with Crippen LogP contribution in [-0.2, 0) is 14.3 Å². The number of ether oxygens (including phenoxy) is 2. The van der Waals surface area contributed by atoms with Crippen molar-refractivity contribution in [2.75, 3.05) is 19.0 Å². The van der Waals surface area contributed by atoms with Gasteiger partial charge in [0.05, 0.1) is 17.9 Å². The van der Waals surface area contributed by atoms with Crippen LogP contribution < -0.4 is 4.74 Å². The minimum Gasteiger partial charge on any atom is -0.482 e. The van der Waals surface area contributed by atoms with E-state index >= 15 is 0 Å². The number of thioether (sulfide) groups is 1. The average Bonchev–Trinajstić information content (AvgIpc) is 3.26. The second-order valence-corrected chi connectivity index (χ2v) is 8.80. The maximum absolute atomic E-state index is 12.8. The number of hydrogen-bond donors (Lipinski definition) is 1. The number of aliphatic carboxylic acids is 1. The fourth-order valence-corrected chi connectivity index (χ4v) is 4.77. The fourth-order valence-electron chi connectivity index (χ4n) is 3.93. The molecule has 4 rings (SSSR count). The highest BCUT2D eigenvalue weighted by molar-refractivity contribution is 7.99. The number of aromatic nitrogens is 3. The largest absolute Gasteiger partial charge is 0.482 e. The van der Waals surface area contributed by atoms with Crippen LogP contribution in [0.25, 0.3) is 6.08 Å². The standard InChI is InChI=1S/C23H26N4O5S/c1-2-31-22(30)18(12-15-8-10-17(11-9-15)32-13-20(28)29)19-14-33-23-25-24-21(27(23)26-19)16-6-4-3-5-7-16/h8-12,16H,2-7,13-14H2,1H3,(H,28,29)/b18-12+. The lowest BCUT2D eigenvalue weighted by Crippen LogP contribution is -2.22. The Hall–Kier alpha value is -3.14. The van der Waals surface area contributed by atoms with Gasteiger partial charge >= 0.3 is 11.9 Å². The van der Waals surface area contributed by atoms with Crippen molar-refractivity contribution in [3.05, 3.63) is 41.2 Å². The first-order valence-corrected chi connectivity index (χ1v) is 12.0. The number of carbonyl (C=O) groups excluding carboxylic acids is 1. The summed E-state index contributed by atoms with van der Waals surface area (Å²) in [6, 6.07) is 6.83. The number of benzene rings is 1. The summed E-state index contributed by atoms with van der Waals surface area (Å²) in [4.78, 5) is 23.5. The minimum atomic E-state index is -1.04. The second kappa shape index (κ2) is 10.7. The Morgan fingerprint density at radius 1 is 1.18 bits per heavy atom. The highest BCUT2D eigenvalue weighted by Crippen LogP contribution is 2.35. The van der Waals surface area contributed by atoms with Gasteiger partial charge in [0.1, 0.15) is 5.75 Å². The molecular formula is C23H26N4O5S. The van der Waals surface area contributed by atoms with E-state index in [4.69, 9.17) is 19.7 Å². The van der Waals surface area contributed by atoms with Gasteiger partial charge < -0.3 is 14.6 Å². The highest BCUT2D eigenvalue weighted by Gasteiger charge is 2.28. The molecule has 1 saturated carbocycles. The zero-order chi connectivity index (χ0) is 23.2. The number of nitrogens with zero attached hydrogens (tertiary/aromatic N) is 4. The normalized spacial score (nSPS) is 16.6. The van der Waals surface area contributed by atoms with Crippen molar-refractivity contribution in [1.82, 2.24) is 14.9 Å². The van der Waals surface area contributed by atoms with Gasteiger partial charge in [0.25, 0.3) is 0 Å². The van der Waals surface area contributed by atoms with Crippen LogP contribution in [0.4, 0.5) is 0 Å². The second-order valence-electron chi connectivity index (χ2n) is 7.85. The third kappa shape index (κ3) is 5.62. The number of carboxylic acid groups (broad SMARTS) is 1. The fraction of sp³-hybridized carbons (Fsp3) is 0.435. The van der Waals surface area contributed by atoms with E-state index in [9.17, 15) is 9.59 Å². The van der Waals surface area contributed by atoms with Gasteiger partial charge in [0, 0.05) is 11.7 Å². The van der Waals surface area contributed by atoms with Gasteiger partial charge in [-0.1, -0.05) is 43.2 Å². The van der Waals surface area contributed by atoms with Crippen molar-refractivity contribution < 1.29 is 24.2 Å². The lowest BCUT2D eigenvalue weighted by Gasteiger charge is -2.22. The molecule has 1 fully saturated rings. The van der Waals surface area contributed by atoms with E-state index in [0.29, 0.717) is 28.7 Å². The van der Waals surface area contributed by atoms with Gasteiger partial charge in [0.2, 0.25) is 5.16 Å². The Kier molecular flexibility index (Phi) is 7.43. The Morgan fingerprint density at radius 3 is 2.64 bits per heavy atom. The number of carboxylic acids is 1. The predicted octanol–water partition coefficient (Wildman–Crippen LogP) is 3.75. The highest BCUT2D eigenvalue weighted by atomic mass is 32.2. The third-order valence-electron chi connectivity index (χ3n) is 5.52. The van der Waals surface area contributed by atoms with Crippen LogP contribution in [0, 0.1) is 0 Å². The SMILES string of the molecule is CCOC(=O)/C(=C/c1ccc(OCC(=O)O)cc1)C1=Nn2c(nnc2C2CCCCC2)SC1. The monoisotopic (exact) mass is 470 g/mol.